The van der Waals surface area contributed by atoms with Crippen LogP contribution in [0.2, 0.25) is 0 Å². The molecule has 1 aliphatic heterocycles. The summed E-state index contributed by atoms with van der Waals surface area (Å²) in [6, 6.07) is 11.0. The van der Waals surface area contributed by atoms with Gasteiger partial charge in [-0.25, -0.2) is 4.98 Å². The normalized spacial score (nSPS) is 15.5. The number of nitrogens with zero attached hydrogens (tertiary/aromatic N) is 2. The summed E-state index contributed by atoms with van der Waals surface area (Å²) in [4.78, 5) is 18.8. The Morgan fingerprint density at radius 1 is 1.24 bits per heavy atom. The number of hydrogen-bond donors (Lipinski definition) is 0. The van der Waals surface area contributed by atoms with E-state index in [-0.39, 0.29) is 12.0 Å². The lowest BCUT2D eigenvalue weighted by molar-refractivity contribution is 0.0472. The summed E-state index contributed by atoms with van der Waals surface area (Å²) in [6.07, 6.45) is 1.40. The molecule has 0 N–H and O–H groups in total. The summed E-state index contributed by atoms with van der Waals surface area (Å²) in [5, 5.41) is 0. The van der Waals surface area contributed by atoms with Crippen molar-refractivity contribution in [2.45, 2.75) is 20.0 Å². The van der Waals surface area contributed by atoms with E-state index in [2.05, 4.69) is 4.98 Å². The van der Waals surface area contributed by atoms with Crippen LogP contribution in [0, 0.1) is 0 Å². The molecule has 6 heteroatoms. The molecule has 1 aromatic heterocycles. The first kappa shape index (κ1) is 17.1. The van der Waals surface area contributed by atoms with E-state index in [4.69, 9.17) is 14.2 Å². The monoisotopic (exact) mass is 342 g/mol. The van der Waals surface area contributed by atoms with Crippen molar-refractivity contribution in [3.8, 4) is 17.4 Å². The molecule has 0 spiro atoms. The predicted octanol–water partition coefficient (Wildman–Crippen LogP) is 2.78. The predicted molar refractivity (Wildman–Crippen MR) is 93.3 cm³/mol. The van der Waals surface area contributed by atoms with Gasteiger partial charge in [0.1, 0.15) is 12.2 Å². The number of ether oxygens (including phenoxy) is 3. The molecule has 1 aromatic carbocycles. The van der Waals surface area contributed by atoms with Gasteiger partial charge in [0, 0.05) is 12.7 Å². The van der Waals surface area contributed by atoms with E-state index in [1.54, 1.807) is 23.2 Å². The summed E-state index contributed by atoms with van der Waals surface area (Å²) in [5.74, 6) is 1.68. The van der Waals surface area contributed by atoms with Gasteiger partial charge in [-0.1, -0.05) is 12.1 Å². The molecule has 6 nitrogen and oxygen atoms in total. The van der Waals surface area contributed by atoms with Crippen molar-refractivity contribution in [1.82, 2.24) is 9.88 Å². The maximum absolute atomic E-state index is 12.9. The van der Waals surface area contributed by atoms with E-state index in [1.165, 1.54) is 0 Å². The molecule has 1 atom stereocenters. The van der Waals surface area contributed by atoms with E-state index in [0.717, 1.165) is 5.75 Å². The lowest BCUT2D eigenvalue weighted by Crippen LogP contribution is -2.43. The van der Waals surface area contributed by atoms with Crippen molar-refractivity contribution in [1.29, 1.82) is 0 Å². The Bertz CT molecular complexity index is 735. The Hall–Kier alpha value is -2.76. The van der Waals surface area contributed by atoms with Gasteiger partial charge in [-0.3, -0.25) is 4.79 Å². The van der Waals surface area contributed by atoms with Gasteiger partial charge in [-0.15, -0.1) is 0 Å². The third kappa shape index (κ3) is 3.84. The maximum Gasteiger partial charge on any atom is 0.259 e. The highest BCUT2D eigenvalue weighted by molar-refractivity contribution is 5.96. The number of amides is 1. The first-order chi connectivity index (χ1) is 12.2. The highest BCUT2D eigenvalue weighted by Crippen LogP contribution is 2.31. The summed E-state index contributed by atoms with van der Waals surface area (Å²) in [6.45, 7) is 5.66. The lowest BCUT2D eigenvalue weighted by Gasteiger charge is -2.31. The van der Waals surface area contributed by atoms with Crippen LogP contribution >= 0.6 is 0 Å². The average molecular weight is 342 g/mol. The van der Waals surface area contributed by atoms with Gasteiger partial charge < -0.3 is 19.1 Å². The van der Waals surface area contributed by atoms with Crippen LogP contribution in [0.15, 0.2) is 42.6 Å². The Kier molecular flexibility index (Phi) is 5.38. The number of fused-ring (bicyclic) bond motifs is 1. The minimum absolute atomic E-state index is 0.124. The number of likely N-dealkylation sites (N-methyl/N-ethyl adjacent to an activating group) is 1. The van der Waals surface area contributed by atoms with E-state index in [9.17, 15) is 4.79 Å². The largest absolute Gasteiger partial charge is 0.486 e. The fourth-order valence-electron chi connectivity index (χ4n) is 2.73. The number of hydrogen-bond acceptors (Lipinski definition) is 5. The molecule has 3 rings (SSSR count). The highest BCUT2D eigenvalue weighted by atomic mass is 16.6. The van der Waals surface area contributed by atoms with Crippen molar-refractivity contribution in [2.24, 2.45) is 0 Å². The molecule has 2 heterocycles. The van der Waals surface area contributed by atoms with Crippen LogP contribution < -0.4 is 14.2 Å². The van der Waals surface area contributed by atoms with Crippen molar-refractivity contribution in [3.05, 3.63) is 48.2 Å². The molecular weight excluding hydrogens is 320 g/mol. The summed E-state index contributed by atoms with van der Waals surface area (Å²) < 4.78 is 17.2. The molecule has 0 bridgehead atoms. The van der Waals surface area contributed by atoms with E-state index < -0.39 is 0 Å². The first-order valence-corrected chi connectivity index (χ1v) is 8.48. The SMILES string of the molecule is CCOc1ncccc1C(=O)N(CC)CC1COc2ccccc2O1. The second-order valence-electron chi connectivity index (χ2n) is 5.63. The molecule has 0 aliphatic carbocycles. The number of rotatable bonds is 6. The topological polar surface area (TPSA) is 60.9 Å². The van der Waals surface area contributed by atoms with Crippen LogP contribution in [-0.2, 0) is 0 Å². The molecule has 132 valence electrons. The third-order valence-corrected chi connectivity index (χ3v) is 3.94. The molecule has 1 amide bonds. The molecule has 0 saturated heterocycles. The molecular formula is C19H22N2O4. The van der Waals surface area contributed by atoms with Crippen molar-refractivity contribution in [3.63, 3.8) is 0 Å². The van der Waals surface area contributed by atoms with E-state index in [0.29, 0.717) is 43.5 Å². The van der Waals surface area contributed by atoms with Gasteiger partial charge in [0.25, 0.3) is 5.91 Å². The van der Waals surface area contributed by atoms with Gasteiger partial charge in [0.15, 0.2) is 17.6 Å². The number of para-hydroxylation sites is 2. The number of pyridine rings is 1. The van der Waals surface area contributed by atoms with Crippen molar-refractivity contribution >= 4 is 5.91 Å². The van der Waals surface area contributed by atoms with E-state index in [1.807, 2.05) is 38.1 Å². The Morgan fingerprint density at radius 3 is 2.80 bits per heavy atom. The second-order valence-corrected chi connectivity index (χ2v) is 5.63. The summed E-state index contributed by atoms with van der Waals surface area (Å²) >= 11 is 0. The number of carbonyl (C=O) groups excluding carboxylic acids is 1. The Morgan fingerprint density at radius 2 is 2.04 bits per heavy atom. The number of aromatic nitrogens is 1. The molecule has 1 unspecified atom stereocenters. The summed E-state index contributed by atoms with van der Waals surface area (Å²) in [7, 11) is 0. The van der Waals surface area contributed by atoms with Crippen LogP contribution in [-0.4, -0.2) is 48.2 Å². The highest BCUT2D eigenvalue weighted by Gasteiger charge is 2.26. The maximum atomic E-state index is 12.9. The quantitative estimate of drug-likeness (QED) is 0.808. The molecule has 2 aromatic rings. The second kappa shape index (κ2) is 7.88. The zero-order valence-corrected chi connectivity index (χ0v) is 14.5. The fraction of sp³-hybridized carbons (Fsp3) is 0.368. The van der Waals surface area contributed by atoms with Crippen LogP contribution in [0.5, 0.6) is 17.4 Å². The first-order valence-electron chi connectivity index (χ1n) is 8.48. The van der Waals surface area contributed by atoms with Gasteiger partial charge >= 0.3 is 0 Å². The zero-order chi connectivity index (χ0) is 17.6. The molecule has 0 radical (unpaired) electrons. The van der Waals surface area contributed by atoms with Gasteiger partial charge in [0.05, 0.1) is 13.2 Å². The minimum Gasteiger partial charge on any atom is -0.486 e. The van der Waals surface area contributed by atoms with Crippen LogP contribution in [0.1, 0.15) is 24.2 Å². The Labute approximate surface area is 147 Å². The third-order valence-electron chi connectivity index (χ3n) is 3.94. The van der Waals surface area contributed by atoms with Gasteiger partial charge in [0.2, 0.25) is 5.88 Å². The van der Waals surface area contributed by atoms with Crippen LogP contribution in [0.4, 0.5) is 0 Å². The molecule has 1 aliphatic rings. The molecule has 0 saturated carbocycles. The van der Waals surface area contributed by atoms with Gasteiger partial charge in [-0.05, 0) is 38.1 Å². The standard InChI is InChI=1S/C19H22N2O4/c1-3-21(19(22)15-8-7-11-20-18(15)23-4-2)12-14-13-24-16-9-5-6-10-17(16)25-14/h5-11,14H,3-4,12-13H2,1-2H3. The fourth-order valence-corrected chi connectivity index (χ4v) is 2.73. The number of carbonyl (C=O) groups is 1. The van der Waals surface area contributed by atoms with Crippen molar-refractivity contribution in [2.75, 3.05) is 26.3 Å². The molecule has 0 fully saturated rings. The van der Waals surface area contributed by atoms with Crippen LogP contribution in [0.25, 0.3) is 0 Å². The van der Waals surface area contributed by atoms with E-state index >= 15 is 0 Å². The minimum atomic E-state index is -0.217. The summed E-state index contributed by atoms with van der Waals surface area (Å²) in [5.41, 5.74) is 0.461. The molecule has 25 heavy (non-hydrogen) atoms. The number of benzene rings is 1. The van der Waals surface area contributed by atoms with Crippen LogP contribution in [0.3, 0.4) is 0 Å². The van der Waals surface area contributed by atoms with Gasteiger partial charge in [-0.2, -0.15) is 0 Å². The average Bonchev–Trinajstić information content (AvgIpc) is 2.66. The lowest BCUT2D eigenvalue weighted by atomic mass is 10.2. The zero-order valence-electron chi connectivity index (χ0n) is 14.5. The Balaban J connectivity index is 1.72. The smallest absolute Gasteiger partial charge is 0.259 e. The van der Waals surface area contributed by atoms with Crippen molar-refractivity contribution < 1.29 is 19.0 Å².